The van der Waals surface area contributed by atoms with Crippen LogP contribution < -0.4 is 4.90 Å². The van der Waals surface area contributed by atoms with Crippen LogP contribution in [0.15, 0.2) is 42.9 Å². The zero-order chi connectivity index (χ0) is 16.8. The monoisotopic (exact) mass is 334 g/mol. The quantitative estimate of drug-likeness (QED) is 0.722. The van der Waals surface area contributed by atoms with Gasteiger partial charge in [-0.05, 0) is 30.9 Å². The summed E-state index contributed by atoms with van der Waals surface area (Å²) in [6.07, 6.45) is 8.83. The highest BCUT2D eigenvalue weighted by Crippen LogP contribution is 2.32. The number of hydrogen-bond acceptors (Lipinski definition) is 4. The van der Waals surface area contributed by atoms with E-state index < -0.39 is 0 Å². The van der Waals surface area contributed by atoms with Crippen molar-refractivity contribution >= 4 is 11.6 Å². The molecule has 0 saturated heterocycles. The summed E-state index contributed by atoms with van der Waals surface area (Å²) in [5.41, 5.74) is 3.54. The number of nitrogens with zero attached hydrogens (tertiary/aromatic N) is 6. The van der Waals surface area contributed by atoms with Gasteiger partial charge in [0, 0.05) is 11.9 Å². The molecule has 0 bridgehead atoms. The van der Waals surface area contributed by atoms with Crippen LogP contribution in [-0.4, -0.2) is 30.7 Å². The molecule has 1 fully saturated rings. The number of para-hydroxylation sites is 1. The summed E-state index contributed by atoms with van der Waals surface area (Å²) in [4.78, 5) is 15.0. The van der Waals surface area contributed by atoms with Crippen LogP contribution in [0.1, 0.15) is 46.9 Å². The summed E-state index contributed by atoms with van der Waals surface area (Å²) in [7, 11) is 0. The molecule has 0 radical (unpaired) electrons. The molecule has 7 heteroatoms. The van der Waals surface area contributed by atoms with Crippen LogP contribution >= 0.6 is 0 Å². The largest absolute Gasteiger partial charge is 0.302 e. The van der Waals surface area contributed by atoms with Gasteiger partial charge in [-0.3, -0.25) is 9.48 Å². The van der Waals surface area contributed by atoms with Crippen molar-refractivity contribution in [1.29, 1.82) is 0 Å². The Morgan fingerprint density at radius 2 is 2.00 bits per heavy atom. The zero-order valence-corrected chi connectivity index (χ0v) is 13.7. The standard InChI is InChI=1S/C18H18N6O/c25-18(14-8-20-23(11-14)15-5-3-6-15)22-12-16-9-19-21-24(16)10-13-4-1-2-7-17(13)22/h1-2,4,7-9,11,15H,3,5-6,10,12H2. The van der Waals surface area contributed by atoms with E-state index in [1.807, 2.05) is 39.8 Å². The second kappa shape index (κ2) is 5.54. The summed E-state index contributed by atoms with van der Waals surface area (Å²) in [6, 6.07) is 8.41. The molecule has 2 aliphatic rings. The van der Waals surface area contributed by atoms with Gasteiger partial charge in [0.05, 0.1) is 42.8 Å². The molecule has 1 amide bonds. The molecule has 1 aliphatic carbocycles. The Morgan fingerprint density at radius 1 is 1.12 bits per heavy atom. The Bertz CT molecular complexity index is 938. The molecule has 2 aromatic heterocycles. The fourth-order valence-corrected chi connectivity index (χ4v) is 3.49. The summed E-state index contributed by atoms with van der Waals surface area (Å²) in [6.45, 7) is 1.08. The van der Waals surface area contributed by atoms with Gasteiger partial charge in [-0.2, -0.15) is 5.10 Å². The van der Waals surface area contributed by atoms with Gasteiger partial charge in [0.25, 0.3) is 5.91 Å². The van der Waals surface area contributed by atoms with E-state index >= 15 is 0 Å². The molecule has 0 unspecified atom stereocenters. The molecule has 1 saturated carbocycles. The van der Waals surface area contributed by atoms with Crippen LogP contribution in [0, 0.1) is 0 Å². The molecule has 3 heterocycles. The third kappa shape index (κ3) is 2.34. The van der Waals surface area contributed by atoms with Gasteiger partial charge in [-0.15, -0.1) is 5.10 Å². The van der Waals surface area contributed by atoms with E-state index in [2.05, 4.69) is 15.4 Å². The summed E-state index contributed by atoms with van der Waals surface area (Å²) in [5.74, 6) is -0.0346. The number of anilines is 1. The molecular weight excluding hydrogens is 316 g/mol. The SMILES string of the molecule is O=C(c1cnn(C2CCC2)c1)N1Cc2cnnn2Cc2ccccc21. The molecule has 0 N–H and O–H groups in total. The highest BCUT2D eigenvalue weighted by atomic mass is 16.2. The van der Waals surface area contributed by atoms with E-state index in [4.69, 9.17) is 0 Å². The van der Waals surface area contributed by atoms with Gasteiger partial charge in [-0.25, -0.2) is 4.68 Å². The number of amides is 1. The third-order valence-electron chi connectivity index (χ3n) is 5.16. The Morgan fingerprint density at radius 3 is 2.84 bits per heavy atom. The van der Waals surface area contributed by atoms with Gasteiger partial charge in [0.15, 0.2) is 0 Å². The maximum absolute atomic E-state index is 13.2. The molecule has 3 aromatic rings. The summed E-state index contributed by atoms with van der Waals surface area (Å²) in [5, 5.41) is 12.5. The first-order chi connectivity index (χ1) is 12.3. The van der Waals surface area contributed by atoms with E-state index in [0.29, 0.717) is 24.7 Å². The molecular formula is C18H18N6O. The number of hydrogen-bond donors (Lipinski definition) is 0. The van der Waals surface area contributed by atoms with Crippen LogP contribution in [0.25, 0.3) is 0 Å². The first-order valence-electron chi connectivity index (χ1n) is 8.61. The van der Waals surface area contributed by atoms with E-state index in [1.165, 1.54) is 6.42 Å². The molecule has 0 atom stereocenters. The molecule has 1 aliphatic heterocycles. The maximum atomic E-state index is 13.2. The number of aromatic nitrogens is 5. The maximum Gasteiger partial charge on any atom is 0.261 e. The lowest BCUT2D eigenvalue weighted by Gasteiger charge is -2.25. The lowest BCUT2D eigenvalue weighted by molar-refractivity contribution is 0.0984. The highest BCUT2D eigenvalue weighted by molar-refractivity contribution is 6.06. The number of fused-ring (bicyclic) bond motifs is 2. The molecule has 0 spiro atoms. The molecule has 7 nitrogen and oxygen atoms in total. The van der Waals surface area contributed by atoms with Crippen molar-refractivity contribution < 1.29 is 4.79 Å². The van der Waals surface area contributed by atoms with Gasteiger partial charge < -0.3 is 4.90 Å². The van der Waals surface area contributed by atoms with Crippen molar-refractivity contribution in [2.45, 2.75) is 38.4 Å². The summed E-state index contributed by atoms with van der Waals surface area (Å²) < 4.78 is 3.79. The van der Waals surface area contributed by atoms with Crippen molar-refractivity contribution in [3.63, 3.8) is 0 Å². The normalized spacial score (nSPS) is 16.7. The lowest BCUT2D eigenvalue weighted by Crippen LogP contribution is -2.30. The van der Waals surface area contributed by atoms with Crippen LogP contribution in [-0.2, 0) is 13.1 Å². The van der Waals surface area contributed by atoms with Crippen molar-refractivity contribution in [3.05, 3.63) is 59.7 Å². The topological polar surface area (TPSA) is 68.8 Å². The van der Waals surface area contributed by atoms with E-state index in [-0.39, 0.29) is 5.91 Å². The van der Waals surface area contributed by atoms with Gasteiger partial charge >= 0.3 is 0 Å². The van der Waals surface area contributed by atoms with Crippen molar-refractivity contribution in [1.82, 2.24) is 24.8 Å². The van der Waals surface area contributed by atoms with Crippen LogP contribution in [0.2, 0.25) is 0 Å². The molecule has 25 heavy (non-hydrogen) atoms. The average Bonchev–Trinajstić information content (AvgIpc) is 3.19. The molecule has 1 aromatic carbocycles. The minimum atomic E-state index is -0.0346. The number of benzene rings is 1. The summed E-state index contributed by atoms with van der Waals surface area (Å²) >= 11 is 0. The lowest BCUT2D eigenvalue weighted by atomic mass is 9.93. The van der Waals surface area contributed by atoms with E-state index in [9.17, 15) is 4.79 Å². The minimum absolute atomic E-state index is 0.0346. The first kappa shape index (κ1) is 14.4. The van der Waals surface area contributed by atoms with Gasteiger partial charge in [0.2, 0.25) is 0 Å². The fraction of sp³-hybridized carbons (Fsp3) is 0.333. The number of carbonyl (C=O) groups excluding carboxylic acids is 1. The predicted octanol–water partition coefficient (Wildman–Crippen LogP) is 2.41. The second-order valence-corrected chi connectivity index (χ2v) is 6.70. The van der Waals surface area contributed by atoms with Crippen LogP contribution in [0.3, 0.4) is 0 Å². The Hall–Kier alpha value is -2.96. The first-order valence-corrected chi connectivity index (χ1v) is 8.61. The molecule has 5 rings (SSSR count). The highest BCUT2D eigenvalue weighted by Gasteiger charge is 2.27. The molecule has 126 valence electrons. The van der Waals surface area contributed by atoms with Gasteiger partial charge in [0.1, 0.15) is 0 Å². The van der Waals surface area contributed by atoms with Crippen molar-refractivity contribution in [2.75, 3.05) is 4.90 Å². The minimum Gasteiger partial charge on any atom is -0.302 e. The predicted molar refractivity (Wildman–Crippen MR) is 91.2 cm³/mol. The fourth-order valence-electron chi connectivity index (χ4n) is 3.49. The van der Waals surface area contributed by atoms with Crippen LogP contribution in [0.4, 0.5) is 5.69 Å². The smallest absolute Gasteiger partial charge is 0.261 e. The Kier molecular flexibility index (Phi) is 3.19. The van der Waals surface area contributed by atoms with Crippen molar-refractivity contribution in [2.24, 2.45) is 0 Å². The van der Waals surface area contributed by atoms with E-state index in [0.717, 1.165) is 29.8 Å². The average molecular weight is 334 g/mol. The zero-order valence-electron chi connectivity index (χ0n) is 13.7. The number of rotatable bonds is 2. The third-order valence-corrected chi connectivity index (χ3v) is 5.16. The Labute approximate surface area is 144 Å². The Balaban J connectivity index is 1.53. The van der Waals surface area contributed by atoms with Gasteiger partial charge in [-0.1, -0.05) is 23.4 Å². The number of carbonyl (C=O) groups is 1. The van der Waals surface area contributed by atoms with Crippen molar-refractivity contribution in [3.8, 4) is 0 Å². The second-order valence-electron chi connectivity index (χ2n) is 6.70. The van der Waals surface area contributed by atoms with Crippen LogP contribution in [0.5, 0.6) is 0 Å². The van der Waals surface area contributed by atoms with E-state index in [1.54, 1.807) is 17.3 Å².